The van der Waals surface area contributed by atoms with Crippen molar-refractivity contribution in [2.75, 3.05) is 7.05 Å². The van der Waals surface area contributed by atoms with Crippen LogP contribution in [0.15, 0.2) is 4.99 Å². The van der Waals surface area contributed by atoms with Gasteiger partial charge in [-0.05, 0) is 18.5 Å². The van der Waals surface area contributed by atoms with Gasteiger partial charge in [0.1, 0.15) is 10.7 Å². The van der Waals surface area contributed by atoms with Crippen LogP contribution in [-0.2, 0) is 4.79 Å². The Bertz CT molecular complexity index is 401. The number of hydrogen-bond donors (Lipinski definition) is 0. The molecule has 0 aromatic carbocycles. The number of carbonyl (C=O) groups is 1. The minimum Gasteiger partial charge on any atom is -0.292 e. The Hall–Kier alpha value is -1.10. The molecule has 0 bridgehead atoms. The highest BCUT2D eigenvalue weighted by Crippen LogP contribution is 2.18. The molecule has 0 N–H and O–H groups in total. The van der Waals surface area contributed by atoms with Gasteiger partial charge in [-0.25, -0.2) is 4.98 Å². The van der Waals surface area contributed by atoms with Gasteiger partial charge < -0.3 is 0 Å². The Balaban J connectivity index is 3.07. The predicted octanol–water partition coefficient (Wildman–Crippen LogP) is 1.88. The van der Waals surface area contributed by atoms with Crippen molar-refractivity contribution >= 4 is 23.0 Å². The van der Waals surface area contributed by atoms with Crippen molar-refractivity contribution in [1.82, 2.24) is 9.36 Å². The van der Waals surface area contributed by atoms with E-state index in [9.17, 15) is 4.79 Å². The predicted molar refractivity (Wildman–Crippen MR) is 61.6 cm³/mol. The quantitative estimate of drug-likeness (QED) is 0.722. The Morgan fingerprint density at radius 3 is 2.33 bits per heavy atom. The number of aliphatic imine (C=N–C) groups is 1. The highest BCUT2D eigenvalue weighted by atomic mass is 32.1. The largest absolute Gasteiger partial charge is 0.292 e. The molecule has 1 rings (SSSR count). The molecule has 1 heterocycles. The second-order valence-electron chi connectivity index (χ2n) is 4.29. The van der Waals surface area contributed by atoms with E-state index in [1.165, 1.54) is 11.5 Å². The van der Waals surface area contributed by atoms with Crippen molar-refractivity contribution in [1.29, 1.82) is 0 Å². The number of aromatic nitrogens is 2. The lowest BCUT2D eigenvalue weighted by Crippen LogP contribution is -2.30. The second kappa shape index (κ2) is 4.18. The summed E-state index contributed by atoms with van der Waals surface area (Å²) in [6.07, 6.45) is 0. The van der Waals surface area contributed by atoms with Crippen molar-refractivity contribution in [3.63, 3.8) is 0 Å². The smallest absolute Gasteiger partial charge is 0.194 e. The lowest BCUT2D eigenvalue weighted by molar-refractivity contribution is -0.119. The molecule has 0 fully saturated rings. The summed E-state index contributed by atoms with van der Waals surface area (Å²) in [6, 6.07) is 0. The first-order valence-electron chi connectivity index (χ1n) is 4.68. The third kappa shape index (κ3) is 2.68. The summed E-state index contributed by atoms with van der Waals surface area (Å²) in [5.41, 5.74) is -0.0829. The van der Waals surface area contributed by atoms with Gasteiger partial charge in [0.2, 0.25) is 0 Å². The van der Waals surface area contributed by atoms with E-state index >= 15 is 0 Å². The Morgan fingerprint density at radius 1 is 1.40 bits per heavy atom. The molecule has 1 aromatic heterocycles. The molecule has 0 radical (unpaired) electrons. The fourth-order valence-corrected chi connectivity index (χ4v) is 1.53. The molecule has 0 unspecified atom stereocenters. The third-order valence-corrected chi connectivity index (χ3v) is 2.48. The van der Waals surface area contributed by atoms with Crippen LogP contribution in [0.5, 0.6) is 0 Å². The molecule has 0 amide bonds. The van der Waals surface area contributed by atoms with E-state index in [1.807, 2.05) is 27.7 Å². The Kier molecular flexibility index (Phi) is 3.34. The first-order valence-corrected chi connectivity index (χ1v) is 5.46. The van der Waals surface area contributed by atoms with Crippen LogP contribution in [0.2, 0.25) is 0 Å². The van der Waals surface area contributed by atoms with Gasteiger partial charge >= 0.3 is 0 Å². The molecule has 0 saturated heterocycles. The summed E-state index contributed by atoms with van der Waals surface area (Å²) in [5.74, 6) is 0.419. The van der Waals surface area contributed by atoms with Crippen molar-refractivity contribution in [2.24, 2.45) is 10.4 Å². The zero-order chi connectivity index (χ0) is 11.6. The topological polar surface area (TPSA) is 55.2 Å². The molecule has 0 aliphatic heterocycles. The van der Waals surface area contributed by atoms with Gasteiger partial charge in [0.15, 0.2) is 11.6 Å². The normalized spacial score (nSPS) is 13.0. The van der Waals surface area contributed by atoms with Crippen molar-refractivity contribution in [2.45, 2.75) is 27.7 Å². The number of rotatable bonds is 2. The number of carbonyl (C=O) groups excluding carboxylic acids is 1. The van der Waals surface area contributed by atoms with Crippen molar-refractivity contribution in [3.8, 4) is 0 Å². The van der Waals surface area contributed by atoms with Crippen LogP contribution < -0.4 is 0 Å². The van der Waals surface area contributed by atoms with Gasteiger partial charge in [-0.15, -0.1) is 0 Å². The van der Waals surface area contributed by atoms with Crippen LogP contribution in [0, 0.1) is 12.3 Å². The maximum Gasteiger partial charge on any atom is 0.194 e. The molecule has 82 valence electrons. The first kappa shape index (κ1) is 12.0. The van der Waals surface area contributed by atoms with Gasteiger partial charge in [-0.1, -0.05) is 20.8 Å². The van der Waals surface area contributed by atoms with Crippen molar-refractivity contribution < 1.29 is 4.79 Å². The number of nitrogens with zero attached hydrogens (tertiary/aromatic N) is 3. The Morgan fingerprint density at radius 2 is 2.00 bits per heavy atom. The van der Waals surface area contributed by atoms with E-state index in [0.717, 1.165) is 5.01 Å². The van der Waals surface area contributed by atoms with E-state index in [4.69, 9.17) is 0 Å². The average molecular weight is 225 g/mol. The highest BCUT2D eigenvalue weighted by molar-refractivity contribution is 7.05. The fourth-order valence-electron chi connectivity index (χ4n) is 1.05. The Labute approximate surface area is 93.6 Å². The zero-order valence-corrected chi connectivity index (χ0v) is 10.5. The van der Waals surface area contributed by atoms with Crippen LogP contribution in [0.4, 0.5) is 0 Å². The SMILES string of the molecule is CN=C(C(=O)C(C)(C)C)c1nsc(C)n1. The summed E-state index contributed by atoms with van der Waals surface area (Å²) < 4.78 is 4.10. The molecule has 15 heavy (non-hydrogen) atoms. The summed E-state index contributed by atoms with van der Waals surface area (Å²) in [6.45, 7) is 7.44. The summed E-state index contributed by atoms with van der Waals surface area (Å²) in [5, 5.41) is 0.841. The van der Waals surface area contributed by atoms with E-state index in [0.29, 0.717) is 11.5 Å². The fraction of sp³-hybridized carbons (Fsp3) is 0.600. The number of Topliss-reactive ketones (excluding diaryl/α,β-unsaturated/α-hetero) is 1. The monoisotopic (exact) mass is 225 g/mol. The van der Waals surface area contributed by atoms with E-state index < -0.39 is 5.41 Å². The van der Waals surface area contributed by atoms with Gasteiger partial charge in [0, 0.05) is 12.5 Å². The summed E-state index contributed by atoms with van der Waals surface area (Å²) in [7, 11) is 1.59. The molecule has 0 atom stereocenters. The minimum absolute atomic E-state index is 0.0252. The molecular weight excluding hydrogens is 210 g/mol. The maximum atomic E-state index is 12.0. The third-order valence-electron chi connectivity index (χ3n) is 1.86. The minimum atomic E-state index is -0.450. The van der Waals surface area contributed by atoms with Gasteiger partial charge in [0.05, 0.1) is 0 Å². The molecule has 1 aromatic rings. The molecule has 5 heteroatoms. The molecule has 0 aliphatic rings. The molecule has 0 saturated carbocycles. The average Bonchev–Trinajstić information content (AvgIpc) is 2.51. The number of hydrogen-bond acceptors (Lipinski definition) is 5. The van der Waals surface area contributed by atoms with Crippen LogP contribution >= 0.6 is 11.5 Å². The standard InChI is InChI=1S/C10H15N3OS/c1-6-12-9(13-15-6)7(11-5)8(14)10(2,3)4/h1-5H3. The van der Waals surface area contributed by atoms with Gasteiger partial charge in [-0.3, -0.25) is 9.79 Å². The van der Waals surface area contributed by atoms with E-state index in [1.54, 1.807) is 7.05 Å². The number of aryl methyl sites for hydroxylation is 1. The lowest BCUT2D eigenvalue weighted by Gasteiger charge is -2.16. The molecule has 0 aliphatic carbocycles. The van der Waals surface area contributed by atoms with Crippen molar-refractivity contribution in [3.05, 3.63) is 10.8 Å². The molecule has 4 nitrogen and oxygen atoms in total. The summed E-state index contributed by atoms with van der Waals surface area (Å²) >= 11 is 1.28. The van der Waals surface area contributed by atoms with E-state index in [2.05, 4.69) is 14.3 Å². The molecular formula is C10H15N3OS. The number of ketones is 1. The van der Waals surface area contributed by atoms with Crippen LogP contribution in [-0.4, -0.2) is 27.9 Å². The maximum absolute atomic E-state index is 12.0. The van der Waals surface area contributed by atoms with Crippen LogP contribution in [0.3, 0.4) is 0 Å². The molecule has 0 spiro atoms. The van der Waals surface area contributed by atoms with Crippen LogP contribution in [0.1, 0.15) is 31.6 Å². The first-order chi connectivity index (χ1) is 6.86. The highest BCUT2D eigenvalue weighted by Gasteiger charge is 2.28. The summed E-state index contributed by atoms with van der Waals surface area (Å²) in [4.78, 5) is 20.2. The second-order valence-corrected chi connectivity index (χ2v) is 5.24. The lowest BCUT2D eigenvalue weighted by atomic mass is 9.88. The van der Waals surface area contributed by atoms with Gasteiger partial charge in [-0.2, -0.15) is 4.37 Å². The van der Waals surface area contributed by atoms with Crippen LogP contribution in [0.25, 0.3) is 0 Å². The van der Waals surface area contributed by atoms with E-state index in [-0.39, 0.29) is 5.78 Å². The van der Waals surface area contributed by atoms with Gasteiger partial charge in [0.25, 0.3) is 0 Å². The zero-order valence-electron chi connectivity index (χ0n) is 9.66.